The topological polar surface area (TPSA) is 98.9 Å². The Hall–Kier alpha value is -3.29. The lowest BCUT2D eigenvalue weighted by atomic mass is 10.1. The van der Waals surface area contributed by atoms with Gasteiger partial charge in [0.05, 0.1) is 11.5 Å². The van der Waals surface area contributed by atoms with Crippen LogP contribution in [-0.4, -0.2) is 43.2 Å². The molecule has 0 fully saturated rings. The van der Waals surface area contributed by atoms with Gasteiger partial charge in [0, 0.05) is 25.3 Å². The summed E-state index contributed by atoms with van der Waals surface area (Å²) in [6, 6.07) is 14.1. The number of carbonyl (C=O) groups excluding carboxylic acids is 1. The third-order valence-electron chi connectivity index (χ3n) is 3.65. The fourth-order valence-electron chi connectivity index (χ4n) is 2.21. The van der Waals surface area contributed by atoms with Crippen molar-refractivity contribution in [1.82, 2.24) is 0 Å². The standard InChI is InChI=1S/C20H23NO5.C2H4.CH2O/c22-13-1-2-14-25-15-16-26-20-11-7-18(8-12-20)4-3-17-5-9-19(10-6-17)21(23)24;2*1-2/h3-12,22H,1-2,13-16H2;1-2H2;1H2/b4-3-;;. The normalized spacial score (nSPS) is 9.77. The van der Waals surface area contributed by atoms with Gasteiger partial charge in [-0.25, -0.2) is 0 Å². The maximum Gasteiger partial charge on any atom is 0.269 e. The number of aliphatic hydroxyl groups is 1. The van der Waals surface area contributed by atoms with E-state index in [0.717, 1.165) is 29.7 Å². The molecule has 0 amide bonds. The fourth-order valence-corrected chi connectivity index (χ4v) is 2.21. The van der Waals surface area contributed by atoms with Crippen LogP contribution in [0.5, 0.6) is 5.75 Å². The molecule has 7 nitrogen and oxygen atoms in total. The lowest BCUT2D eigenvalue weighted by molar-refractivity contribution is -0.384. The maximum atomic E-state index is 10.6. The third kappa shape index (κ3) is 11.5. The number of unbranched alkanes of at least 4 members (excludes halogenated alkanes) is 1. The predicted molar refractivity (Wildman–Crippen MR) is 119 cm³/mol. The fraction of sp³-hybridized carbons (Fsp3) is 0.261. The largest absolute Gasteiger partial charge is 0.491 e. The number of nitro benzene ring substituents is 1. The van der Waals surface area contributed by atoms with Gasteiger partial charge in [-0.05, 0) is 48.2 Å². The van der Waals surface area contributed by atoms with Crippen LogP contribution in [0.25, 0.3) is 12.2 Å². The minimum Gasteiger partial charge on any atom is -0.491 e. The molecular weight excluding hydrogens is 386 g/mol. The van der Waals surface area contributed by atoms with E-state index in [1.54, 1.807) is 12.1 Å². The summed E-state index contributed by atoms with van der Waals surface area (Å²) in [6.07, 6.45) is 5.46. The first-order valence-corrected chi connectivity index (χ1v) is 9.32. The zero-order valence-corrected chi connectivity index (χ0v) is 17.1. The van der Waals surface area contributed by atoms with Gasteiger partial charge in [0.25, 0.3) is 5.69 Å². The van der Waals surface area contributed by atoms with Crippen molar-refractivity contribution in [1.29, 1.82) is 0 Å². The van der Waals surface area contributed by atoms with Crippen molar-refractivity contribution in [2.24, 2.45) is 0 Å². The van der Waals surface area contributed by atoms with Crippen LogP contribution in [0.4, 0.5) is 5.69 Å². The molecule has 0 aliphatic carbocycles. The molecule has 0 heterocycles. The molecule has 0 unspecified atom stereocenters. The summed E-state index contributed by atoms with van der Waals surface area (Å²) in [7, 11) is 0. The summed E-state index contributed by atoms with van der Waals surface area (Å²) in [4.78, 5) is 18.2. The summed E-state index contributed by atoms with van der Waals surface area (Å²) in [5.74, 6) is 0.774. The van der Waals surface area contributed by atoms with Crippen molar-refractivity contribution in [3.05, 3.63) is 82.9 Å². The number of benzene rings is 2. The molecule has 2 aromatic carbocycles. The van der Waals surface area contributed by atoms with E-state index < -0.39 is 4.92 Å². The van der Waals surface area contributed by atoms with Crippen LogP contribution in [0.3, 0.4) is 0 Å². The van der Waals surface area contributed by atoms with Gasteiger partial charge in [0.1, 0.15) is 19.1 Å². The lowest BCUT2D eigenvalue weighted by Crippen LogP contribution is -2.07. The van der Waals surface area contributed by atoms with Gasteiger partial charge in [-0.3, -0.25) is 10.1 Å². The van der Waals surface area contributed by atoms with Crippen LogP contribution < -0.4 is 4.74 Å². The Bertz CT molecular complexity index is 726. The molecule has 0 saturated heterocycles. The molecule has 0 spiro atoms. The lowest BCUT2D eigenvalue weighted by Gasteiger charge is -2.07. The molecular formula is C23H29NO6. The molecule has 2 aromatic rings. The maximum absolute atomic E-state index is 10.6. The number of non-ortho nitro benzene ring substituents is 1. The van der Waals surface area contributed by atoms with Gasteiger partial charge < -0.3 is 19.4 Å². The van der Waals surface area contributed by atoms with Crippen LogP contribution >= 0.6 is 0 Å². The Morgan fingerprint density at radius 2 is 1.40 bits per heavy atom. The van der Waals surface area contributed by atoms with Gasteiger partial charge >= 0.3 is 0 Å². The van der Waals surface area contributed by atoms with Gasteiger partial charge in [-0.1, -0.05) is 24.3 Å². The van der Waals surface area contributed by atoms with Gasteiger partial charge in [-0.2, -0.15) is 0 Å². The van der Waals surface area contributed by atoms with E-state index in [2.05, 4.69) is 13.2 Å². The van der Waals surface area contributed by atoms with Gasteiger partial charge in [-0.15, -0.1) is 13.2 Å². The average Bonchev–Trinajstić information content (AvgIpc) is 2.81. The molecule has 0 aliphatic rings. The molecule has 0 atom stereocenters. The molecule has 0 radical (unpaired) electrons. The first kappa shape index (κ1) is 26.7. The van der Waals surface area contributed by atoms with Crippen molar-refractivity contribution in [3.8, 4) is 5.75 Å². The smallest absolute Gasteiger partial charge is 0.269 e. The highest BCUT2D eigenvalue weighted by atomic mass is 16.6. The van der Waals surface area contributed by atoms with Crippen LogP contribution in [0.15, 0.2) is 61.7 Å². The van der Waals surface area contributed by atoms with Crippen molar-refractivity contribution in [2.45, 2.75) is 12.8 Å². The van der Waals surface area contributed by atoms with Gasteiger partial charge in [0.2, 0.25) is 0 Å². The first-order chi connectivity index (χ1) is 14.7. The first-order valence-electron chi connectivity index (χ1n) is 9.32. The molecule has 0 saturated carbocycles. The number of ether oxygens (including phenoxy) is 2. The highest BCUT2D eigenvalue weighted by molar-refractivity contribution is 5.70. The van der Waals surface area contributed by atoms with Crippen molar-refractivity contribution in [2.75, 3.05) is 26.4 Å². The number of nitrogens with zero attached hydrogens (tertiary/aromatic N) is 1. The summed E-state index contributed by atoms with van der Waals surface area (Å²) in [5.41, 5.74) is 1.99. The quantitative estimate of drug-likeness (QED) is 0.190. The van der Waals surface area contributed by atoms with E-state index in [4.69, 9.17) is 19.4 Å². The summed E-state index contributed by atoms with van der Waals surface area (Å²) in [5, 5.41) is 19.3. The summed E-state index contributed by atoms with van der Waals surface area (Å²) < 4.78 is 11.0. The molecule has 0 aliphatic heterocycles. The average molecular weight is 415 g/mol. The minimum absolute atomic E-state index is 0.0843. The SMILES string of the molecule is C=C.C=O.O=[N+]([O-])c1ccc(/C=C\c2ccc(OCCOCCCCO)cc2)cc1. The molecule has 0 bridgehead atoms. The Labute approximate surface area is 177 Å². The Morgan fingerprint density at radius 1 is 0.867 bits per heavy atom. The summed E-state index contributed by atoms with van der Waals surface area (Å²) in [6.45, 7) is 9.84. The predicted octanol–water partition coefficient (Wildman–Crippen LogP) is 4.55. The molecule has 7 heteroatoms. The number of carbonyl (C=O) groups is 1. The van der Waals surface area contributed by atoms with E-state index in [-0.39, 0.29) is 12.3 Å². The second-order valence-electron chi connectivity index (χ2n) is 5.64. The van der Waals surface area contributed by atoms with Crippen molar-refractivity contribution in [3.63, 3.8) is 0 Å². The molecule has 162 valence electrons. The van der Waals surface area contributed by atoms with Gasteiger partial charge in [0.15, 0.2) is 0 Å². The molecule has 2 rings (SSSR count). The number of hydrogen-bond donors (Lipinski definition) is 1. The molecule has 30 heavy (non-hydrogen) atoms. The van der Waals surface area contributed by atoms with E-state index in [9.17, 15) is 10.1 Å². The molecule has 1 N–H and O–H groups in total. The van der Waals surface area contributed by atoms with Crippen LogP contribution in [0.1, 0.15) is 24.0 Å². The van der Waals surface area contributed by atoms with Crippen molar-refractivity contribution < 1.29 is 24.3 Å². The highest BCUT2D eigenvalue weighted by Gasteiger charge is 2.02. The van der Waals surface area contributed by atoms with Crippen LogP contribution in [0.2, 0.25) is 0 Å². The van der Waals surface area contributed by atoms with Crippen LogP contribution in [0, 0.1) is 10.1 Å². The Balaban J connectivity index is 0.00000198. The minimum atomic E-state index is -0.410. The van der Waals surface area contributed by atoms with E-state index >= 15 is 0 Å². The zero-order valence-electron chi connectivity index (χ0n) is 17.1. The number of rotatable bonds is 11. The molecule has 0 aromatic heterocycles. The zero-order chi connectivity index (χ0) is 22.6. The monoisotopic (exact) mass is 415 g/mol. The van der Waals surface area contributed by atoms with Crippen molar-refractivity contribution >= 4 is 24.6 Å². The van der Waals surface area contributed by atoms with E-state index in [0.29, 0.717) is 19.8 Å². The number of nitro groups is 1. The van der Waals surface area contributed by atoms with Crippen LogP contribution in [-0.2, 0) is 9.53 Å². The Morgan fingerprint density at radius 3 is 1.90 bits per heavy atom. The second kappa shape index (κ2) is 17.8. The highest BCUT2D eigenvalue weighted by Crippen LogP contribution is 2.16. The summed E-state index contributed by atoms with van der Waals surface area (Å²) >= 11 is 0. The Kier molecular flexibility index (Phi) is 15.8. The van der Waals surface area contributed by atoms with E-state index in [1.165, 1.54) is 12.1 Å². The second-order valence-corrected chi connectivity index (χ2v) is 5.64. The number of hydrogen-bond acceptors (Lipinski definition) is 6. The third-order valence-corrected chi connectivity index (χ3v) is 3.65. The number of aliphatic hydroxyl groups excluding tert-OH is 1. The van der Waals surface area contributed by atoms with E-state index in [1.807, 2.05) is 43.2 Å².